The monoisotopic (exact) mass is 240 g/mol. The van der Waals surface area contributed by atoms with Gasteiger partial charge >= 0.3 is 0 Å². The van der Waals surface area contributed by atoms with Crippen molar-refractivity contribution in [1.29, 1.82) is 0 Å². The highest BCUT2D eigenvalue weighted by atomic mass is 16.5. The molecule has 2 rings (SSSR count). The van der Waals surface area contributed by atoms with E-state index < -0.39 is 0 Å². The van der Waals surface area contributed by atoms with Crippen molar-refractivity contribution in [1.82, 2.24) is 4.90 Å². The second-order valence-corrected chi connectivity index (χ2v) is 5.26. The molecular weight excluding hydrogens is 216 g/mol. The van der Waals surface area contributed by atoms with Crippen LogP contribution in [0.1, 0.15) is 32.1 Å². The Labute approximate surface area is 103 Å². The maximum atomic E-state index is 12.2. The highest BCUT2D eigenvalue weighted by molar-refractivity contribution is 5.79. The third kappa shape index (κ3) is 3.42. The van der Waals surface area contributed by atoms with Gasteiger partial charge in [-0.15, -0.1) is 0 Å². The molecule has 2 heterocycles. The second-order valence-electron chi connectivity index (χ2n) is 5.26. The quantitative estimate of drug-likeness (QED) is 0.800. The smallest absolute Gasteiger partial charge is 0.228 e. The van der Waals surface area contributed by atoms with Crippen LogP contribution in [0.5, 0.6) is 0 Å². The third-order valence-electron chi connectivity index (χ3n) is 4.01. The fraction of sp³-hybridized carbons (Fsp3) is 0.923. The lowest BCUT2D eigenvalue weighted by Crippen LogP contribution is -2.44. The molecule has 0 radical (unpaired) electrons. The van der Waals surface area contributed by atoms with Crippen LogP contribution in [0, 0.1) is 11.8 Å². The van der Waals surface area contributed by atoms with E-state index in [1.165, 1.54) is 0 Å². The van der Waals surface area contributed by atoms with Gasteiger partial charge in [-0.25, -0.2) is 0 Å². The summed E-state index contributed by atoms with van der Waals surface area (Å²) in [5, 5.41) is 0. The van der Waals surface area contributed by atoms with Gasteiger partial charge in [-0.1, -0.05) is 0 Å². The zero-order chi connectivity index (χ0) is 12.1. The van der Waals surface area contributed by atoms with Crippen molar-refractivity contribution in [3.05, 3.63) is 0 Å². The molecule has 0 aromatic carbocycles. The molecule has 98 valence electrons. The Morgan fingerprint density at radius 1 is 1.29 bits per heavy atom. The summed E-state index contributed by atoms with van der Waals surface area (Å²) >= 11 is 0. The number of hydrogen-bond donors (Lipinski definition) is 1. The van der Waals surface area contributed by atoms with Gasteiger partial charge in [0.2, 0.25) is 5.91 Å². The summed E-state index contributed by atoms with van der Waals surface area (Å²) in [7, 11) is 0. The molecule has 0 aromatic heterocycles. The van der Waals surface area contributed by atoms with Gasteiger partial charge in [0.25, 0.3) is 0 Å². The third-order valence-corrected chi connectivity index (χ3v) is 4.01. The topological polar surface area (TPSA) is 55.6 Å². The number of ether oxygens (including phenoxy) is 1. The summed E-state index contributed by atoms with van der Waals surface area (Å²) in [6, 6.07) is 0. The van der Waals surface area contributed by atoms with Crippen LogP contribution in [-0.2, 0) is 9.53 Å². The van der Waals surface area contributed by atoms with E-state index in [4.69, 9.17) is 10.5 Å². The number of nitrogens with zero attached hydrogens (tertiary/aromatic N) is 1. The van der Waals surface area contributed by atoms with Gasteiger partial charge in [-0.2, -0.15) is 0 Å². The number of carbonyl (C=O) groups is 1. The standard InChI is InChI=1S/C13H24N2O2/c14-6-3-11-4-7-15(8-5-11)13(16)12-2-1-9-17-10-12/h11-12H,1-10,14H2. The zero-order valence-corrected chi connectivity index (χ0v) is 10.6. The molecule has 4 heteroatoms. The average Bonchev–Trinajstić information content (AvgIpc) is 2.40. The molecule has 2 saturated heterocycles. The SMILES string of the molecule is NCCC1CCN(C(=O)C2CCCOC2)CC1. The molecule has 2 aliphatic heterocycles. The van der Waals surface area contributed by atoms with E-state index in [-0.39, 0.29) is 5.92 Å². The number of piperidine rings is 1. The van der Waals surface area contributed by atoms with Crippen LogP contribution in [0.15, 0.2) is 0 Å². The maximum Gasteiger partial charge on any atom is 0.228 e. The molecular formula is C13H24N2O2. The van der Waals surface area contributed by atoms with Gasteiger partial charge in [-0.05, 0) is 44.6 Å². The van der Waals surface area contributed by atoms with Crippen LogP contribution in [0.3, 0.4) is 0 Å². The zero-order valence-electron chi connectivity index (χ0n) is 10.6. The highest BCUT2D eigenvalue weighted by Gasteiger charge is 2.29. The summed E-state index contributed by atoms with van der Waals surface area (Å²) in [5.41, 5.74) is 5.57. The van der Waals surface area contributed by atoms with Crippen molar-refractivity contribution >= 4 is 5.91 Å². The number of rotatable bonds is 3. The Morgan fingerprint density at radius 3 is 2.65 bits per heavy atom. The minimum absolute atomic E-state index is 0.120. The summed E-state index contributed by atoms with van der Waals surface area (Å²) in [4.78, 5) is 14.3. The fourth-order valence-corrected chi connectivity index (χ4v) is 2.87. The first kappa shape index (κ1) is 12.8. The van der Waals surface area contributed by atoms with Crippen LogP contribution in [-0.4, -0.2) is 43.7 Å². The first-order chi connectivity index (χ1) is 8.31. The minimum Gasteiger partial charge on any atom is -0.381 e. The molecule has 1 atom stereocenters. The molecule has 0 spiro atoms. The summed E-state index contributed by atoms with van der Waals surface area (Å²) in [6.45, 7) is 4.05. The first-order valence-electron chi connectivity index (χ1n) is 6.88. The Hall–Kier alpha value is -0.610. The van der Waals surface area contributed by atoms with Crippen LogP contribution < -0.4 is 5.73 Å². The second kappa shape index (κ2) is 6.36. The van der Waals surface area contributed by atoms with E-state index in [0.717, 1.165) is 64.3 Å². The molecule has 1 amide bonds. The molecule has 2 fully saturated rings. The summed E-state index contributed by atoms with van der Waals surface area (Å²) in [6.07, 6.45) is 5.38. The number of amides is 1. The van der Waals surface area contributed by atoms with Gasteiger partial charge in [0.05, 0.1) is 12.5 Å². The van der Waals surface area contributed by atoms with Crippen LogP contribution in [0.25, 0.3) is 0 Å². The van der Waals surface area contributed by atoms with Crippen LogP contribution in [0.4, 0.5) is 0 Å². The Kier molecular flexibility index (Phi) is 4.80. The van der Waals surface area contributed by atoms with Gasteiger partial charge in [0.1, 0.15) is 0 Å². The summed E-state index contributed by atoms with van der Waals surface area (Å²) < 4.78 is 5.39. The predicted octanol–water partition coefficient (Wildman–Crippen LogP) is 1.00. The largest absolute Gasteiger partial charge is 0.381 e. The highest BCUT2D eigenvalue weighted by Crippen LogP contribution is 2.23. The van der Waals surface area contributed by atoms with Crippen molar-refractivity contribution in [2.45, 2.75) is 32.1 Å². The molecule has 17 heavy (non-hydrogen) atoms. The van der Waals surface area contributed by atoms with Crippen molar-refractivity contribution in [3.63, 3.8) is 0 Å². The molecule has 2 aliphatic rings. The predicted molar refractivity (Wildman–Crippen MR) is 66.5 cm³/mol. The van der Waals surface area contributed by atoms with Crippen LogP contribution >= 0.6 is 0 Å². The van der Waals surface area contributed by atoms with E-state index in [1.807, 2.05) is 4.90 Å². The van der Waals surface area contributed by atoms with E-state index in [2.05, 4.69) is 0 Å². The molecule has 1 unspecified atom stereocenters. The van der Waals surface area contributed by atoms with E-state index in [1.54, 1.807) is 0 Å². The number of nitrogens with two attached hydrogens (primary N) is 1. The van der Waals surface area contributed by atoms with E-state index in [0.29, 0.717) is 12.5 Å². The Bertz CT molecular complexity index is 244. The first-order valence-corrected chi connectivity index (χ1v) is 6.88. The Morgan fingerprint density at radius 2 is 2.06 bits per heavy atom. The molecule has 0 aromatic rings. The Balaban J connectivity index is 1.77. The average molecular weight is 240 g/mol. The molecule has 0 aliphatic carbocycles. The lowest BCUT2D eigenvalue weighted by Gasteiger charge is -2.35. The van der Waals surface area contributed by atoms with Crippen molar-refractivity contribution in [3.8, 4) is 0 Å². The lowest BCUT2D eigenvalue weighted by molar-refractivity contribution is -0.141. The molecule has 2 N–H and O–H groups in total. The van der Waals surface area contributed by atoms with Gasteiger partial charge in [0.15, 0.2) is 0 Å². The fourth-order valence-electron chi connectivity index (χ4n) is 2.87. The normalized spacial score (nSPS) is 27.1. The van der Waals surface area contributed by atoms with Gasteiger partial charge in [0, 0.05) is 19.7 Å². The lowest BCUT2D eigenvalue weighted by atomic mass is 9.92. The molecule has 0 saturated carbocycles. The van der Waals surface area contributed by atoms with E-state index in [9.17, 15) is 4.79 Å². The number of hydrogen-bond acceptors (Lipinski definition) is 3. The van der Waals surface area contributed by atoms with E-state index >= 15 is 0 Å². The van der Waals surface area contributed by atoms with Crippen molar-refractivity contribution < 1.29 is 9.53 Å². The van der Waals surface area contributed by atoms with Gasteiger partial charge in [-0.3, -0.25) is 4.79 Å². The summed E-state index contributed by atoms with van der Waals surface area (Å²) in [5.74, 6) is 1.16. The van der Waals surface area contributed by atoms with Crippen molar-refractivity contribution in [2.24, 2.45) is 17.6 Å². The molecule has 4 nitrogen and oxygen atoms in total. The minimum atomic E-state index is 0.120. The number of likely N-dealkylation sites (tertiary alicyclic amines) is 1. The molecule has 0 bridgehead atoms. The van der Waals surface area contributed by atoms with Gasteiger partial charge < -0.3 is 15.4 Å². The maximum absolute atomic E-state index is 12.2. The van der Waals surface area contributed by atoms with Crippen LogP contribution in [0.2, 0.25) is 0 Å². The van der Waals surface area contributed by atoms with Crippen molar-refractivity contribution in [2.75, 3.05) is 32.8 Å². The number of carbonyl (C=O) groups excluding carboxylic acids is 1.